The van der Waals surface area contributed by atoms with Crippen LogP contribution in [0.1, 0.15) is 25.6 Å². The molecule has 0 radical (unpaired) electrons. The minimum atomic E-state index is -3.38. The first-order valence-electron chi connectivity index (χ1n) is 5.99. The van der Waals surface area contributed by atoms with Crippen molar-refractivity contribution in [2.45, 2.75) is 31.9 Å². The van der Waals surface area contributed by atoms with Gasteiger partial charge in [-0.2, -0.15) is 4.31 Å². The first-order chi connectivity index (χ1) is 8.23. The van der Waals surface area contributed by atoms with E-state index in [-0.39, 0.29) is 5.41 Å². The zero-order valence-electron chi connectivity index (χ0n) is 11.4. The van der Waals surface area contributed by atoms with Crippen molar-refractivity contribution in [2.75, 3.05) is 19.6 Å². The maximum absolute atomic E-state index is 12.5. The number of sulfonamides is 1. The second-order valence-corrected chi connectivity index (χ2v) is 8.62. The molecule has 0 saturated carbocycles. The summed E-state index contributed by atoms with van der Waals surface area (Å²) in [4.78, 5) is 1.00. The van der Waals surface area contributed by atoms with Gasteiger partial charge in [0.25, 0.3) is 10.0 Å². The van der Waals surface area contributed by atoms with Crippen molar-refractivity contribution in [3.63, 3.8) is 0 Å². The fraction of sp³-hybridized carbons (Fsp3) is 0.667. The number of rotatable bonds is 6. The maximum atomic E-state index is 12.5. The van der Waals surface area contributed by atoms with E-state index in [0.717, 1.165) is 4.88 Å². The van der Waals surface area contributed by atoms with Crippen LogP contribution in [-0.4, -0.2) is 32.4 Å². The number of hydrogen-bond acceptors (Lipinski definition) is 4. The molecule has 0 aliphatic heterocycles. The molecule has 1 heterocycles. The smallest absolute Gasteiger partial charge is 0.252 e. The van der Waals surface area contributed by atoms with Gasteiger partial charge in [0.1, 0.15) is 4.21 Å². The Labute approximate surface area is 114 Å². The van der Waals surface area contributed by atoms with E-state index >= 15 is 0 Å². The van der Waals surface area contributed by atoms with Crippen molar-refractivity contribution in [3.05, 3.63) is 17.0 Å². The lowest BCUT2D eigenvalue weighted by molar-refractivity contribution is 0.273. The third-order valence-corrected chi connectivity index (χ3v) is 6.21. The Morgan fingerprint density at radius 3 is 2.39 bits per heavy atom. The summed E-state index contributed by atoms with van der Waals surface area (Å²) < 4.78 is 26.8. The van der Waals surface area contributed by atoms with Crippen molar-refractivity contribution < 1.29 is 8.42 Å². The highest BCUT2D eigenvalue weighted by molar-refractivity contribution is 7.91. The van der Waals surface area contributed by atoms with Gasteiger partial charge in [-0.15, -0.1) is 11.3 Å². The Balaban J connectivity index is 3.01. The fourth-order valence-electron chi connectivity index (χ4n) is 1.59. The molecule has 1 aromatic rings. The molecular weight excluding hydrogens is 268 g/mol. The van der Waals surface area contributed by atoms with Crippen molar-refractivity contribution in [1.29, 1.82) is 0 Å². The molecule has 104 valence electrons. The number of hydrogen-bond donors (Lipinski definition) is 1. The van der Waals surface area contributed by atoms with Crippen LogP contribution in [0.3, 0.4) is 0 Å². The van der Waals surface area contributed by atoms with Crippen LogP contribution in [0.4, 0.5) is 0 Å². The van der Waals surface area contributed by atoms with Crippen LogP contribution in [-0.2, 0) is 10.0 Å². The van der Waals surface area contributed by atoms with E-state index in [0.29, 0.717) is 23.8 Å². The zero-order chi connectivity index (χ0) is 14.0. The molecular formula is C12H22N2O2S2. The monoisotopic (exact) mass is 290 g/mol. The van der Waals surface area contributed by atoms with E-state index in [1.807, 2.05) is 33.8 Å². The third-order valence-electron chi connectivity index (χ3n) is 2.82. The largest absolute Gasteiger partial charge is 0.330 e. The first kappa shape index (κ1) is 15.6. The molecule has 1 aromatic heterocycles. The second-order valence-electron chi connectivity index (χ2n) is 5.16. The van der Waals surface area contributed by atoms with E-state index in [1.165, 1.54) is 15.6 Å². The Morgan fingerprint density at radius 2 is 2.00 bits per heavy atom. The van der Waals surface area contributed by atoms with Gasteiger partial charge in [0.05, 0.1) is 0 Å². The predicted octanol–water partition coefficient (Wildman–Crippen LogP) is 2.05. The van der Waals surface area contributed by atoms with Crippen molar-refractivity contribution in [1.82, 2.24) is 4.31 Å². The van der Waals surface area contributed by atoms with Gasteiger partial charge in [-0.1, -0.05) is 20.8 Å². The fourth-order valence-corrected chi connectivity index (χ4v) is 4.66. The standard InChI is InChI=1S/C12H22N2O2S2/c1-5-14(9-12(3,4)8-13)18(15,16)11-7-6-10(2)17-11/h6-7H,5,8-9,13H2,1-4H3. The molecule has 4 nitrogen and oxygen atoms in total. The summed E-state index contributed by atoms with van der Waals surface area (Å²) in [7, 11) is -3.38. The lowest BCUT2D eigenvalue weighted by atomic mass is 9.94. The van der Waals surface area contributed by atoms with Gasteiger partial charge in [0.15, 0.2) is 0 Å². The summed E-state index contributed by atoms with van der Waals surface area (Å²) in [6, 6.07) is 3.51. The van der Waals surface area contributed by atoms with Gasteiger partial charge in [0.2, 0.25) is 0 Å². The highest BCUT2D eigenvalue weighted by Crippen LogP contribution is 2.26. The molecule has 2 N–H and O–H groups in total. The molecule has 0 atom stereocenters. The van der Waals surface area contributed by atoms with Gasteiger partial charge >= 0.3 is 0 Å². The lowest BCUT2D eigenvalue weighted by Gasteiger charge is -2.29. The van der Waals surface area contributed by atoms with Crippen molar-refractivity contribution in [3.8, 4) is 0 Å². The Bertz CT molecular complexity index is 492. The highest BCUT2D eigenvalue weighted by atomic mass is 32.2. The normalized spacial score (nSPS) is 13.2. The van der Waals surface area contributed by atoms with Crippen LogP contribution >= 0.6 is 11.3 Å². The average Bonchev–Trinajstić information content (AvgIpc) is 2.73. The quantitative estimate of drug-likeness (QED) is 0.872. The van der Waals surface area contributed by atoms with Crippen LogP contribution in [0.25, 0.3) is 0 Å². The topological polar surface area (TPSA) is 63.4 Å². The minimum Gasteiger partial charge on any atom is -0.330 e. The van der Waals surface area contributed by atoms with Gasteiger partial charge in [0, 0.05) is 18.0 Å². The highest BCUT2D eigenvalue weighted by Gasteiger charge is 2.29. The molecule has 0 fully saturated rings. The Kier molecular flexibility index (Phi) is 4.94. The molecule has 6 heteroatoms. The summed E-state index contributed by atoms with van der Waals surface area (Å²) in [6.45, 7) is 9.08. The molecule has 0 aliphatic rings. The second kappa shape index (κ2) is 5.69. The van der Waals surface area contributed by atoms with Crippen LogP contribution in [0.5, 0.6) is 0 Å². The molecule has 0 unspecified atom stereocenters. The van der Waals surface area contributed by atoms with E-state index in [1.54, 1.807) is 6.07 Å². The van der Waals surface area contributed by atoms with E-state index in [4.69, 9.17) is 5.73 Å². The molecule has 0 aromatic carbocycles. The number of nitrogens with two attached hydrogens (primary N) is 1. The summed E-state index contributed by atoms with van der Waals surface area (Å²) in [5, 5.41) is 0. The first-order valence-corrected chi connectivity index (χ1v) is 8.25. The molecule has 0 aliphatic carbocycles. The predicted molar refractivity (Wildman–Crippen MR) is 76.3 cm³/mol. The molecule has 0 saturated heterocycles. The van der Waals surface area contributed by atoms with Gasteiger partial charge in [-0.3, -0.25) is 0 Å². The third kappa shape index (κ3) is 3.54. The summed E-state index contributed by atoms with van der Waals surface area (Å²) >= 11 is 1.31. The Morgan fingerprint density at radius 1 is 1.39 bits per heavy atom. The van der Waals surface area contributed by atoms with Gasteiger partial charge in [-0.05, 0) is 31.0 Å². The van der Waals surface area contributed by atoms with Gasteiger partial charge < -0.3 is 5.73 Å². The summed E-state index contributed by atoms with van der Waals surface area (Å²) in [5.41, 5.74) is 5.46. The number of thiophene rings is 1. The number of aryl methyl sites for hydroxylation is 1. The molecule has 1 rings (SSSR count). The summed E-state index contributed by atoms with van der Waals surface area (Å²) in [6.07, 6.45) is 0. The molecule has 18 heavy (non-hydrogen) atoms. The van der Waals surface area contributed by atoms with Crippen molar-refractivity contribution >= 4 is 21.4 Å². The van der Waals surface area contributed by atoms with E-state index < -0.39 is 10.0 Å². The zero-order valence-corrected chi connectivity index (χ0v) is 13.1. The summed E-state index contributed by atoms with van der Waals surface area (Å²) in [5.74, 6) is 0. The SMILES string of the molecule is CCN(CC(C)(C)CN)S(=O)(=O)c1ccc(C)s1. The molecule has 0 spiro atoms. The molecule has 0 amide bonds. The van der Waals surface area contributed by atoms with Gasteiger partial charge in [-0.25, -0.2) is 8.42 Å². The van der Waals surface area contributed by atoms with Crippen LogP contribution in [0.2, 0.25) is 0 Å². The maximum Gasteiger partial charge on any atom is 0.252 e. The van der Waals surface area contributed by atoms with E-state index in [9.17, 15) is 8.42 Å². The van der Waals surface area contributed by atoms with Crippen molar-refractivity contribution in [2.24, 2.45) is 11.1 Å². The average molecular weight is 290 g/mol. The van der Waals surface area contributed by atoms with E-state index in [2.05, 4.69) is 0 Å². The molecule has 0 bridgehead atoms. The Hall–Kier alpha value is -0.430. The van der Waals surface area contributed by atoms with Crippen LogP contribution in [0.15, 0.2) is 16.3 Å². The van der Waals surface area contributed by atoms with Crippen LogP contribution in [0, 0.1) is 12.3 Å². The lowest BCUT2D eigenvalue weighted by Crippen LogP contribution is -2.41. The van der Waals surface area contributed by atoms with Crippen LogP contribution < -0.4 is 5.73 Å². The minimum absolute atomic E-state index is 0.213. The number of nitrogens with zero attached hydrogens (tertiary/aromatic N) is 1.